The van der Waals surface area contributed by atoms with Crippen LogP contribution in [-0.4, -0.2) is 24.5 Å². The fourth-order valence-electron chi connectivity index (χ4n) is 1.43. The van der Waals surface area contributed by atoms with Crippen LogP contribution in [0.1, 0.15) is 46.5 Å². The lowest BCUT2D eigenvalue weighted by Crippen LogP contribution is -2.30. The van der Waals surface area contributed by atoms with Crippen molar-refractivity contribution in [3.05, 3.63) is 0 Å². The molecule has 68 valence electrons. The molecule has 0 saturated heterocycles. The molecule has 0 aromatic carbocycles. The van der Waals surface area contributed by atoms with Gasteiger partial charge in [0.2, 0.25) is 0 Å². The quantitative estimate of drug-likeness (QED) is 0.573. The molecule has 1 nitrogen and oxygen atoms in total. The predicted octanol–water partition coefficient (Wildman–Crippen LogP) is 2.91. The van der Waals surface area contributed by atoms with Crippen molar-refractivity contribution in [1.29, 1.82) is 0 Å². The van der Waals surface area contributed by atoms with Gasteiger partial charge in [0.15, 0.2) is 0 Å². The van der Waals surface area contributed by atoms with E-state index in [1.54, 1.807) is 0 Å². The van der Waals surface area contributed by atoms with E-state index in [4.69, 9.17) is 0 Å². The van der Waals surface area contributed by atoms with Gasteiger partial charge in [-0.3, -0.25) is 0 Å². The summed E-state index contributed by atoms with van der Waals surface area (Å²) in [6, 6.07) is 0.819. The Balaban J connectivity index is 3.56. The summed E-state index contributed by atoms with van der Waals surface area (Å²) in [5.41, 5.74) is 0. The van der Waals surface area contributed by atoms with Crippen LogP contribution in [0.2, 0.25) is 0 Å². The minimum atomic E-state index is 0.819. The molecule has 11 heavy (non-hydrogen) atoms. The molecule has 0 bridgehead atoms. The van der Waals surface area contributed by atoms with E-state index in [1.165, 1.54) is 32.2 Å². The summed E-state index contributed by atoms with van der Waals surface area (Å²) in [7, 11) is 2.23. The van der Waals surface area contributed by atoms with Gasteiger partial charge in [-0.25, -0.2) is 0 Å². The zero-order chi connectivity index (χ0) is 8.69. The monoisotopic (exact) mass is 157 g/mol. The van der Waals surface area contributed by atoms with Gasteiger partial charge in [0.05, 0.1) is 0 Å². The van der Waals surface area contributed by atoms with Crippen molar-refractivity contribution in [3.8, 4) is 0 Å². The van der Waals surface area contributed by atoms with Gasteiger partial charge in [-0.05, 0) is 26.4 Å². The van der Waals surface area contributed by atoms with Crippen LogP contribution in [0.25, 0.3) is 0 Å². The third kappa shape index (κ3) is 4.41. The van der Waals surface area contributed by atoms with Crippen LogP contribution < -0.4 is 0 Å². The summed E-state index contributed by atoms with van der Waals surface area (Å²) in [6.45, 7) is 7.96. The summed E-state index contributed by atoms with van der Waals surface area (Å²) in [4.78, 5) is 2.45. The average molecular weight is 157 g/mol. The standard InChI is InChI=1S/C10H23N/c1-5-8-9-10(6-2)11(4)7-3/h10H,5-9H2,1-4H3. The number of hydrogen-bond acceptors (Lipinski definition) is 1. The molecule has 0 aromatic heterocycles. The molecule has 0 saturated carbocycles. The van der Waals surface area contributed by atoms with Crippen LogP contribution in [0.15, 0.2) is 0 Å². The molecule has 0 aliphatic rings. The van der Waals surface area contributed by atoms with Gasteiger partial charge in [0, 0.05) is 6.04 Å². The molecule has 0 aromatic rings. The summed E-state index contributed by atoms with van der Waals surface area (Å²) >= 11 is 0. The van der Waals surface area contributed by atoms with Crippen molar-refractivity contribution in [1.82, 2.24) is 4.90 Å². The summed E-state index contributed by atoms with van der Waals surface area (Å²) < 4.78 is 0. The van der Waals surface area contributed by atoms with Crippen LogP contribution in [0.4, 0.5) is 0 Å². The highest BCUT2D eigenvalue weighted by Crippen LogP contribution is 2.09. The topological polar surface area (TPSA) is 3.24 Å². The van der Waals surface area contributed by atoms with Gasteiger partial charge >= 0.3 is 0 Å². The zero-order valence-electron chi connectivity index (χ0n) is 8.56. The Morgan fingerprint density at radius 2 is 1.82 bits per heavy atom. The van der Waals surface area contributed by atoms with Crippen molar-refractivity contribution in [2.24, 2.45) is 0 Å². The highest BCUT2D eigenvalue weighted by atomic mass is 15.1. The molecule has 1 heteroatoms. The average Bonchev–Trinajstić information content (AvgIpc) is 2.05. The van der Waals surface area contributed by atoms with Crippen LogP contribution >= 0.6 is 0 Å². The highest BCUT2D eigenvalue weighted by Gasteiger charge is 2.08. The maximum Gasteiger partial charge on any atom is 0.00894 e. The van der Waals surface area contributed by atoms with E-state index >= 15 is 0 Å². The summed E-state index contributed by atoms with van der Waals surface area (Å²) in [6.07, 6.45) is 5.37. The molecule has 0 radical (unpaired) electrons. The first-order valence-corrected chi connectivity index (χ1v) is 4.96. The van der Waals surface area contributed by atoms with Gasteiger partial charge in [-0.1, -0.05) is 33.6 Å². The lowest BCUT2D eigenvalue weighted by atomic mass is 10.1. The van der Waals surface area contributed by atoms with E-state index in [2.05, 4.69) is 32.7 Å². The van der Waals surface area contributed by atoms with E-state index in [0.717, 1.165) is 6.04 Å². The van der Waals surface area contributed by atoms with Gasteiger partial charge < -0.3 is 4.90 Å². The largest absolute Gasteiger partial charge is 0.304 e. The number of nitrogens with zero attached hydrogens (tertiary/aromatic N) is 1. The lowest BCUT2D eigenvalue weighted by Gasteiger charge is -2.25. The Labute approximate surface area is 71.8 Å². The maximum absolute atomic E-state index is 2.45. The first-order valence-electron chi connectivity index (χ1n) is 4.96. The van der Waals surface area contributed by atoms with E-state index in [-0.39, 0.29) is 0 Å². The normalized spacial score (nSPS) is 13.9. The second-order valence-electron chi connectivity index (χ2n) is 3.28. The second kappa shape index (κ2) is 6.66. The Bertz CT molecular complexity index is 80.9. The van der Waals surface area contributed by atoms with Gasteiger partial charge in [-0.15, -0.1) is 0 Å². The first-order chi connectivity index (χ1) is 5.26. The van der Waals surface area contributed by atoms with E-state index in [0.29, 0.717) is 0 Å². The molecule has 0 aliphatic carbocycles. The fourth-order valence-corrected chi connectivity index (χ4v) is 1.43. The molecule has 0 N–H and O–H groups in total. The Kier molecular flexibility index (Phi) is 6.63. The van der Waals surface area contributed by atoms with Crippen molar-refractivity contribution in [2.45, 2.75) is 52.5 Å². The SMILES string of the molecule is CCCCC(CC)N(C)CC. The van der Waals surface area contributed by atoms with Crippen LogP contribution in [0.5, 0.6) is 0 Å². The summed E-state index contributed by atoms with van der Waals surface area (Å²) in [5, 5.41) is 0. The van der Waals surface area contributed by atoms with Gasteiger partial charge in [-0.2, -0.15) is 0 Å². The molecule has 0 spiro atoms. The minimum absolute atomic E-state index is 0.819. The molecule has 0 aliphatic heterocycles. The highest BCUT2D eigenvalue weighted by molar-refractivity contribution is 4.65. The van der Waals surface area contributed by atoms with Crippen molar-refractivity contribution >= 4 is 0 Å². The van der Waals surface area contributed by atoms with E-state index < -0.39 is 0 Å². The Morgan fingerprint density at radius 3 is 2.18 bits per heavy atom. The van der Waals surface area contributed by atoms with Crippen LogP contribution in [-0.2, 0) is 0 Å². The molecular weight excluding hydrogens is 134 g/mol. The Morgan fingerprint density at radius 1 is 1.18 bits per heavy atom. The minimum Gasteiger partial charge on any atom is -0.304 e. The molecule has 1 atom stereocenters. The van der Waals surface area contributed by atoms with Crippen molar-refractivity contribution < 1.29 is 0 Å². The Hall–Kier alpha value is -0.0400. The van der Waals surface area contributed by atoms with Gasteiger partial charge in [0.25, 0.3) is 0 Å². The molecule has 0 amide bonds. The van der Waals surface area contributed by atoms with Crippen molar-refractivity contribution in [3.63, 3.8) is 0 Å². The second-order valence-corrected chi connectivity index (χ2v) is 3.28. The molecule has 0 fully saturated rings. The van der Waals surface area contributed by atoms with Crippen LogP contribution in [0.3, 0.4) is 0 Å². The van der Waals surface area contributed by atoms with E-state index in [9.17, 15) is 0 Å². The molecule has 0 rings (SSSR count). The fraction of sp³-hybridized carbons (Fsp3) is 1.00. The number of hydrogen-bond donors (Lipinski definition) is 0. The molecular formula is C10H23N. The summed E-state index contributed by atoms with van der Waals surface area (Å²) in [5.74, 6) is 0. The predicted molar refractivity (Wildman–Crippen MR) is 51.9 cm³/mol. The number of unbranched alkanes of at least 4 members (excludes halogenated alkanes) is 1. The van der Waals surface area contributed by atoms with E-state index in [1.807, 2.05) is 0 Å². The third-order valence-corrected chi connectivity index (χ3v) is 2.48. The third-order valence-electron chi connectivity index (χ3n) is 2.48. The van der Waals surface area contributed by atoms with Crippen LogP contribution in [0, 0.1) is 0 Å². The molecule has 0 heterocycles. The molecule has 1 unspecified atom stereocenters. The maximum atomic E-state index is 2.45. The zero-order valence-corrected chi connectivity index (χ0v) is 8.56. The number of rotatable bonds is 6. The smallest absolute Gasteiger partial charge is 0.00894 e. The first kappa shape index (κ1) is 11.0. The van der Waals surface area contributed by atoms with Gasteiger partial charge in [0.1, 0.15) is 0 Å². The van der Waals surface area contributed by atoms with Crippen molar-refractivity contribution in [2.75, 3.05) is 13.6 Å². The lowest BCUT2D eigenvalue weighted by molar-refractivity contribution is 0.231.